The van der Waals surface area contributed by atoms with Crippen LogP contribution in [0.5, 0.6) is 0 Å². The summed E-state index contributed by atoms with van der Waals surface area (Å²) in [7, 11) is 0. The second-order valence-electron chi connectivity index (χ2n) is 3.63. The van der Waals surface area contributed by atoms with Crippen molar-refractivity contribution in [1.29, 1.82) is 0 Å². The van der Waals surface area contributed by atoms with Crippen LogP contribution in [-0.4, -0.2) is 9.97 Å². The Morgan fingerprint density at radius 3 is 2.12 bits per heavy atom. The minimum Gasteiger partial charge on any atom is -0.399 e. The van der Waals surface area contributed by atoms with Crippen molar-refractivity contribution in [1.82, 2.24) is 9.97 Å². The zero-order chi connectivity index (χ0) is 12.7. The average molecular weight is 230 g/mol. The van der Waals surface area contributed by atoms with E-state index in [0.717, 1.165) is 16.9 Å². The summed E-state index contributed by atoms with van der Waals surface area (Å²) < 4.78 is 0. The van der Waals surface area contributed by atoms with Gasteiger partial charge in [-0.1, -0.05) is 32.4 Å². The molecule has 1 aromatic heterocycles. The Bertz CT molecular complexity index is 451. The first kappa shape index (κ1) is 13.0. The number of benzene rings is 1. The van der Waals surface area contributed by atoms with Gasteiger partial charge in [-0.3, -0.25) is 0 Å². The van der Waals surface area contributed by atoms with Crippen molar-refractivity contribution in [2.24, 2.45) is 0 Å². The van der Waals surface area contributed by atoms with E-state index < -0.39 is 0 Å². The molecule has 1 aromatic carbocycles. The van der Waals surface area contributed by atoms with Gasteiger partial charge in [0.2, 0.25) is 5.95 Å². The van der Waals surface area contributed by atoms with Crippen molar-refractivity contribution in [2.45, 2.75) is 20.3 Å². The van der Waals surface area contributed by atoms with Gasteiger partial charge >= 0.3 is 0 Å². The van der Waals surface area contributed by atoms with E-state index in [0.29, 0.717) is 0 Å². The fourth-order valence-corrected chi connectivity index (χ4v) is 1.19. The molecule has 0 radical (unpaired) electrons. The number of hydrogen-bond donors (Lipinski definition) is 2. The fourth-order valence-electron chi connectivity index (χ4n) is 1.19. The monoisotopic (exact) mass is 230 g/mol. The predicted molar refractivity (Wildman–Crippen MR) is 72.3 cm³/mol. The third-order valence-corrected chi connectivity index (χ3v) is 1.88. The summed E-state index contributed by atoms with van der Waals surface area (Å²) in [4.78, 5) is 7.92. The summed E-state index contributed by atoms with van der Waals surface area (Å²) >= 11 is 0. The van der Waals surface area contributed by atoms with Gasteiger partial charge in [-0.15, -0.1) is 0 Å². The number of hydrogen-bond acceptors (Lipinski definition) is 4. The molecular formula is C13H18N4. The lowest BCUT2D eigenvalue weighted by Crippen LogP contribution is -1.95. The first-order valence-electron chi connectivity index (χ1n) is 5.61. The molecule has 0 saturated carbocycles. The Hall–Kier alpha value is -2.10. The Balaban J connectivity index is 0.000000437. The molecule has 90 valence electrons. The third-order valence-electron chi connectivity index (χ3n) is 1.88. The average Bonchev–Trinajstić information content (AvgIpc) is 2.31. The van der Waals surface area contributed by atoms with E-state index in [4.69, 9.17) is 11.5 Å². The van der Waals surface area contributed by atoms with Gasteiger partial charge < -0.3 is 11.5 Å². The molecule has 0 aliphatic carbocycles. The Kier molecular flexibility index (Phi) is 4.94. The first-order chi connectivity index (χ1) is 8.17. The first-order valence-corrected chi connectivity index (χ1v) is 5.61. The van der Waals surface area contributed by atoms with E-state index in [2.05, 4.69) is 23.8 Å². The zero-order valence-corrected chi connectivity index (χ0v) is 10.2. The van der Waals surface area contributed by atoms with Crippen LogP contribution in [0.4, 0.5) is 11.6 Å². The molecule has 0 fully saturated rings. The fraction of sp³-hybridized carbons (Fsp3) is 0.231. The molecule has 4 nitrogen and oxygen atoms in total. The molecule has 0 aliphatic heterocycles. The molecule has 0 saturated heterocycles. The molecule has 0 bridgehead atoms. The molecular weight excluding hydrogens is 212 g/mol. The predicted octanol–water partition coefficient (Wildman–Crippen LogP) is 2.72. The smallest absolute Gasteiger partial charge is 0.220 e. The molecule has 0 amide bonds. The van der Waals surface area contributed by atoms with Crippen LogP contribution in [0.3, 0.4) is 0 Å². The van der Waals surface area contributed by atoms with Gasteiger partial charge in [-0.25, -0.2) is 9.97 Å². The largest absolute Gasteiger partial charge is 0.399 e. The van der Waals surface area contributed by atoms with Gasteiger partial charge in [0.1, 0.15) is 0 Å². The van der Waals surface area contributed by atoms with E-state index in [1.165, 1.54) is 6.42 Å². The molecule has 4 N–H and O–H groups in total. The second-order valence-corrected chi connectivity index (χ2v) is 3.63. The Morgan fingerprint density at radius 2 is 1.59 bits per heavy atom. The number of nitrogens with zero attached hydrogens (tertiary/aromatic N) is 2. The number of nitrogen functional groups attached to an aromatic ring is 2. The highest BCUT2D eigenvalue weighted by atomic mass is 15.0. The van der Waals surface area contributed by atoms with Crippen molar-refractivity contribution in [2.75, 3.05) is 11.5 Å². The van der Waals surface area contributed by atoms with Crippen molar-refractivity contribution in [3.63, 3.8) is 0 Å². The summed E-state index contributed by atoms with van der Waals surface area (Å²) in [5, 5.41) is 0. The van der Waals surface area contributed by atoms with E-state index in [1.807, 2.05) is 30.3 Å². The van der Waals surface area contributed by atoms with Crippen LogP contribution < -0.4 is 11.5 Å². The normalized spacial score (nSPS) is 9.29. The van der Waals surface area contributed by atoms with Crippen LogP contribution in [0.15, 0.2) is 36.5 Å². The van der Waals surface area contributed by atoms with Crippen molar-refractivity contribution < 1.29 is 0 Å². The minimum absolute atomic E-state index is 0.277. The highest BCUT2D eigenvalue weighted by Gasteiger charge is 1.98. The Morgan fingerprint density at radius 1 is 1.00 bits per heavy atom. The van der Waals surface area contributed by atoms with Crippen molar-refractivity contribution in [3.05, 3.63) is 36.5 Å². The topological polar surface area (TPSA) is 77.8 Å². The van der Waals surface area contributed by atoms with Gasteiger partial charge in [0.05, 0.1) is 5.69 Å². The molecule has 0 atom stereocenters. The summed E-state index contributed by atoms with van der Waals surface area (Å²) in [6, 6.07) is 9.26. The number of rotatable bonds is 1. The van der Waals surface area contributed by atoms with Gasteiger partial charge in [0.25, 0.3) is 0 Å². The lowest BCUT2D eigenvalue weighted by molar-refractivity contribution is 1.09. The summed E-state index contributed by atoms with van der Waals surface area (Å²) in [6.45, 7) is 4.25. The maximum atomic E-state index is 5.58. The van der Waals surface area contributed by atoms with Gasteiger partial charge in [0.15, 0.2) is 0 Å². The third kappa shape index (κ3) is 4.10. The van der Waals surface area contributed by atoms with Gasteiger partial charge in [0, 0.05) is 17.4 Å². The quantitative estimate of drug-likeness (QED) is 0.738. The van der Waals surface area contributed by atoms with Crippen molar-refractivity contribution in [3.8, 4) is 11.3 Å². The Labute approximate surface area is 102 Å². The number of nitrogens with two attached hydrogens (primary N) is 2. The van der Waals surface area contributed by atoms with Crippen LogP contribution in [-0.2, 0) is 0 Å². The van der Waals surface area contributed by atoms with E-state index in [1.54, 1.807) is 6.20 Å². The molecule has 2 aromatic rings. The standard InChI is InChI=1S/C10H10N4.C3H8/c11-8-3-1-7(2-4-8)9-5-6-13-10(12)14-9;1-3-2/h1-6H,11H2,(H2,12,13,14);3H2,1-2H3. The second kappa shape index (κ2) is 6.48. The van der Waals surface area contributed by atoms with Crippen molar-refractivity contribution >= 4 is 11.6 Å². The molecule has 0 unspecified atom stereocenters. The van der Waals surface area contributed by atoms with Crippen LogP contribution in [0.25, 0.3) is 11.3 Å². The molecule has 17 heavy (non-hydrogen) atoms. The van der Waals surface area contributed by atoms with Gasteiger partial charge in [-0.2, -0.15) is 0 Å². The minimum atomic E-state index is 0.277. The molecule has 0 spiro atoms. The highest BCUT2D eigenvalue weighted by molar-refractivity contribution is 5.62. The van der Waals surface area contributed by atoms with Gasteiger partial charge in [-0.05, 0) is 18.2 Å². The van der Waals surface area contributed by atoms with Crippen LogP contribution in [0, 0.1) is 0 Å². The molecule has 1 heterocycles. The molecule has 4 heteroatoms. The van der Waals surface area contributed by atoms with E-state index in [-0.39, 0.29) is 5.95 Å². The van der Waals surface area contributed by atoms with E-state index in [9.17, 15) is 0 Å². The highest BCUT2D eigenvalue weighted by Crippen LogP contribution is 2.17. The summed E-state index contributed by atoms with van der Waals surface area (Å²) in [5.41, 5.74) is 13.6. The van der Waals surface area contributed by atoms with Crippen LogP contribution in [0.1, 0.15) is 20.3 Å². The van der Waals surface area contributed by atoms with E-state index >= 15 is 0 Å². The maximum Gasteiger partial charge on any atom is 0.220 e. The molecule has 0 aliphatic rings. The van der Waals surface area contributed by atoms with Crippen LogP contribution >= 0.6 is 0 Å². The SMILES string of the molecule is CCC.Nc1ccc(-c2ccnc(N)n2)cc1. The summed E-state index contributed by atoms with van der Waals surface area (Å²) in [5.74, 6) is 0.277. The molecule has 2 rings (SSSR count). The van der Waals surface area contributed by atoms with Crippen LogP contribution in [0.2, 0.25) is 0 Å². The summed E-state index contributed by atoms with van der Waals surface area (Å²) in [6.07, 6.45) is 2.88. The number of aromatic nitrogens is 2. The number of anilines is 2. The lowest BCUT2D eigenvalue weighted by atomic mass is 10.1. The maximum absolute atomic E-state index is 5.58. The zero-order valence-electron chi connectivity index (χ0n) is 10.2. The lowest BCUT2D eigenvalue weighted by Gasteiger charge is -2.01.